The van der Waals surface area contributed by atoms with Crippen LogP contribution in [0.1, 0.15) is 0 Å². The molecule has 0 aliphatic rings. The van der Waals surface area contributed by atoms with Crippen LogP contribution in [0.15, 0.2) is 35.1 Å². The minimum Gasteiger partial charge on any atom is -0.483 e. The zero-order valence-corrected chi connectivity index (χ0v) is 13.1. The van der Waals surface area contributed by atoms with Gasteiger partial charge in [0.2, 0.25) is 0 Å². The maximum atomic E-state index is 11.9. The molecule has 1 aromatic heterocycles. The molecule has 0 aliphatic heterocycles. The molecule has 0 radical (unpaired) electrons. The lowest BCUT2D eigenvalue weighted by Crippen LogP contribution is -2.34. The summed E-state index contributed by atoms with van der Waals surface area (Å²) in [6.45, 7) is 1.22. The summed E-state index contributed by atoms with van der Waals surface area (Å²) in [7, 11) is 5.59. The molecule has 6 nitrogen and oxygen atoms in total. The first kappa shape index (κ1) is 16.0. The van der Waals surface area contributed by atoms with Crippen molar-refractivity contribution < 1.29 is 9.53 Å². The fourth-order valence-corrected chi connectivity index (χ4v) is 2.11. The number of likely N-dealkylation sites (N-methyl/N-ethyl adjacent to an activating group) is 1. The summed E-state index contributed by atoms with van der Waals surface area (Å²) in [4.78, 5) is 25.7. The molecule has 0 spiro atoms. The lowest BCUT2D eigenvalue weighted by molar-refractivity contribution is -0.123. The second kappa shape index (κ2) is 7.09. The quantitative estimate of drug-likeness (QED) is 0.848. The van der Waals surface area contributed by atoms with Crippen molar-refractivity contribution in [2.75, 3.05) is 33.8 Å². The molecule has 0 fully saturated rings. The van der Waals surface area contributed by atoms with Gasteiger partial charge in [0.25, 0.3) is 11.5 Å². The van der Waals surface area contributed by atoms with E-state index >= 15 is 0 Å². The molecule has 0 bridgehead atoms. The number of hydrogen-bond donors (Lipinski definition) is 1. The maximum absolute atomic E-state index is 11.9. The molecule has 1 heterocycles. The van der Waals surface area contributed by atoms with Crippen LogP contribution in [-0.2, 0) is 11.8 Å². The van der Waals surface area contributed by atoms with Gasteiger partial charge in [-0.3, -0.25) is 9.59 Å². The van der Waals surface area contributed by atoms with Gasteiger partial charge in [0.15, 0.2) is 6.61 Å². The molecule has 1 aromatic carbocycles. The summed E-state index contributed by atoms with van der Waals surface area (Å²) in [6, 6.07) is 8.86. The highest BCUT2D eigenvalue weighted by Gasteiger charge is 2.09. The van der Waals surface area contributed by atoms with Gasteiger partial charge in [-0.15, -0.1) is 0 Å². The number of benzene rings is 1. The van der Waals surface area contributed by atoms with Gasteiger partial charge >= 0.3 is 0 Å². The molecule has 0 aliphatic carbocycles. The first-order valence-corrected chi connectivity index (χ1v) is 7.12. The highest BCUT2D eigenvalue weighted by Crippen LogP contribution is 2.22. The fraction of sp³-hybridized carbons (Fsp3) is 0.375. The highest BCUT2D eigenvalue weighted by molar-refractivity contribution is 5.86. The van der Waals surface area contributed by atoms with E-state index in [1.165, 1.54) is 6.07 Å². The molecule has 1 amide bonds. The number of fused-ring (bicyclic) bond motifs is 1. The molecule has 0 saturated heterocycles. The van der Waals surface area contributed by atoms with Crippen molar-refractivity contribution in [2.24, 2.45) is 7.05 Å². The highest BCUT2D eigenvalue weighted by atomic mass is 16.5. The zero-order chi connectivity index (χ0) is 16.1. The van der Waals surface area contributed by atoms with Crippen molar-refractivity contribution in [1.29, 1.82) is 0 Å². The second-order valence-corrected chi connectivity index (χ2v) is 5.36. The molecule has 0 saturated carbocycles. The monoisotopic (exact) mass is 303 g/mol. The van der Waals surface area contributed by atoms with Crippen LogP contribution in [0, 0.1) is 0 Å². The molecule has 118 valence electrons. The summed E-state index contributed by atoms with van der Waals surface area (Å²) in [6.07, 6.45) is 0. The number of aryl methyl sites for hydroxylation is 1. The SMILES string of the molecule is CN(C)CCNC(=O)COc1cc(=O)n(C)c2ccccc12. The normalized spacial score (nSPS) is 10.9. The van der Waals surface area contributed by atoms with Crippen LogP contribution < -0.4 is 15.6 Å². The van der Waals surface area contributed by atoms with E-state index < -0.39 is 0 Å². The second-order valence-electron chi connectivity index (χ2n) is 5.36. The largest absolute Gasteiger partial charge is 0.483 e. The van der Waals surface area contributed by atoms with Gasteiger partial charge in [-0.2, -0.15) is 0 Å². The van der Waals surface area contributed by atoms with Gasteiger partial charge in [0.1, 0.15) is 5.75 Å². The minimum absolute atomic E-state index is 0.107. The molecule has 2 aromatic rings. The topological polar surface area (TPSA) is 63.6 Å². The van der Waals surface area contributed by atoms with Gasteiger partial charge in [-0.05, 0) is 26.2 Å². The Kier molecular flexibility index (Phi) is 5.16. The number of pyridine rings is 1. The van der Waals surface area contributed by atoms with Gasteiger partial charge in [0.05, 0.1) is 5.52 Å². The summed E-state index contributed by atoms with van der Waals surface area (Å²) in [5, 5.41) is 3.58. The Morgan fingerprint density at radius 3 is 2.77 bits per heavy atom. The number of para-hydroxylation sites is 1. The van der Waals surface area contributed by atoms with Crippen molar-refractivity contribution in [3.8, 4) is 5.75 Å². The van der Waals surface area contributed by atoms with Crippen molar-refractivity contribution >= 4 is 16.8 Å². The zero-order valence-electron chi connectivity index (χ0n) is 13.1. The average molecular weight is 303 g/mol. The van der Waals surface area contributed by atoms with E-state index in [9.17, 15) is 9.59 Å². The van der Waals surface area contributed by atoms with Crippen LogP contribution in [0.4, 0.5) is 0 Å². The first-order chi connectivity index (χ1) is 10.5. The summed E-state index contributed by atoms with van der Waals surface area (Å²) < 4.78 is 7.09. The van der Waals surface area contributed by atoms with Crippen molar-refractivity contribution in [2.45, 2.75) is 0 Å². The number of nitrogens with zero attached hydrogens (tertiary/aromatic N) is 2. The number of rotatable bonds is 6. The Morgan fingerprint density at radius 2 is 2.05 bits per heavy atom. The molecular weight excluding hydrogens is 282 g/mol. The van der Waals surface area contributed by atoms with E-state index in [1.807, 2.05) is 43.3 Å². The van der Waals surface area contributed by atoms with E-state index in [0.29, 0.717) is 12.3 Å². The van der Waals surface area contributed by atoms with Gasteiger partial charge in [0, 0.05) is 31.6 Å². The van der Waals surface area contributed by atoms with E-state index in [-0.39, 0.29) is 18.1 Å². The number of aromatic nitrogens is 1. The van der Waals surface area contributed by atoms with Crippen LogP contribution in [0.3, 0.4) is 0 Å². The number of ether oxygens (including phenoxy) is 1. The van der Waals surface area contributed by atoms with Crippen LogP contribution in [-0.4, -0.2) is 49.2 Å². The third-order valence-electron chi connectivity index (χ3n) is 3.36. The predicted octanol–water partition coefficient (Wildman–Crippen LogP) is 0.595. The van der Waals surface area contributed by atoms with Crippen molar-refractivity contribution in [1.82, 2.24) is 14.8 Å². The van der Waals surface area contributed by atoms with Gasteiger partial charge < -0.3 is 19.5 Å². The summed E-state index contributed by atoms with van der Waals surface area (Å²) >= 11 is 0. The van der Waals surface area contributed by atoms with E-state index in [4.69, 9.17) is 4.74 Å². The van der Waals surface area contributed by atoms with Crippen LogP contribution >= 0.6 is 0 Å². The molecule has 2 rings (SSSR count). The van der Waals surface area contributed by atoms with Gasteiger partial charge in [-0.1, -0.05) is 12.1 Å². The number of carbonyl (C=O) groups is 1. The average Bonchev–Trinajstić information content (AvgIpc) is 2.49. The third kappa shape index (κ3) is 3.85. The van der Waals surface area contributed by atoms with E-state index in [0.717, 1.165) is 17.4 Å². The van der Waals surface area contributed by atoms with E-state index in [1.54, 1.807) is 11.6 Å². The Labute approximate surface area is 129 Å². The van der Waals surface area contributed by atoms with E-state index in [2.05, 4.69) is 5.32 Å². The Morgan fingerprint density at radius 1 is 1.32 bits per heavy atom. The smallest absolute Gasteiger partial charge is 0.257 e. The lowest BCUT2D eigenvalue weighted by atomic mass is 10.2. The van der Waals surface area contributed by atoms with Crippen LogP contribution in [0.2, 0.25) is 0 Å². The molecular formula is C16H21N3O3. The molecule has 0 atom stereocenters. The van der Waals surface area contributed by atoms with Crippen molar-refractivity contribution in [3.63, 3.8) is 0 Å². The van der Waals surface area contributed by atoms with Crippen molar-refractivity contribution in [3.05, 3.63) is 40.7 Å². The maximum Gasteiger partial charge on any atom is 0.257 e. The standard InChI is InChI=1S/C16H21N3O3/c1-18(2)9-8-17-15(20)11-22-14-10-16(21)19(3)13-7-5-4-6-12(13)14/h4-7,10H,8-9,11H2,1-3H3,(H,17,20). The molecule has 1 N–H and O–H groups in total. The van der Waals surface area contributed by atoms with Crippen LogP contribution in [0.5, 0.6) is 5.75 Å². The third-order valence-corrected chi connectivity index (χ3v) is 3.36. The molecule has 6 heteroatoms. The summed E-state index contributed by atoms with van der Waals surface area (Å²) in [5.41, 5.74) is 0.611. The molecule has 0 unspecified atom stereocenters. The summed E-state index contributed by atoms with van der Waals surface area (Å²) in [5.74, 6) is 0.230. The Hall–Kier alpha value is -2.34. The number of hydrogen-bond acceptors (Lipinski definition) is 4. The Bertz CT molecular complexity index is 722. The number of amides is 1. The Balaban J connectivity index is 2.07. The predicted molar refractivity (Wildman–Crippen MR) is 86.2 cm³/mol. The molecule has 22 heavy (non-hydrogen) atoms. The lowest BCUT2D eigenvalue weighted by Gasteiger charge is -2.13. The number of nitrogens with one attached hydrogen (secondary N) is 1. The first-order valence-electron chi connectivity index (χ1n) is 7.12. The minimum atomic E-state index is -0.202. The van der Waals surface area contributed by atoms with Gasteiger partial charge in [-0.25, -0.2) is 0 Å². The fourth-order valence-electron chi connectivity index (χ4n) is 2.11. The number of carbonyl (C=O) groups excluding carboxylic acids is 1. The van der Waals surface area contributed by atoms with Crippen LogP contribution in [0.25, 0.3) is 10.9 Å².